The molecule has 0 atom stereocenters. The van der Waals surface area contributed by atoms with Crippen molar-refractivity contribution in [1.82, 2.24) is 40.8 Å². The Morgan fingerprint density at radius 2 is 0.385 bits per heavy atom. The second-order valence-electron chi connectivity index (χ2n) is 22.7. The summed E-state index contributed by atoms with van der Waals surface area (Å²) in [6, 6.07) is 8.67. The van der Waals surface area contributed by atoms with Gasteiger partial charge < -0.3 is 0 Å². The van der Waals surface area contributed by atoms with Crippen LogP contribution < -0.4 is 0 Å². The average Bonchev–Trinajstić information content (AvgIpc) is 3.72. The molecule has 0 radical (unpaired) electrons. The summed E-state index contributed by atoms with van der Waals surface area (Å²) in [5.74, 6) is 0. The Balaban J connectivity index is 0.000000347. The Morgan fingerprint density at radius 3 is 0.442 bits per heavy atom. The van der Waals surface area contributed by atoms with Crippen LogP contribution in [0, 0.1) is 0 Å². The number of hydrogen-bond acceptors (Lipinski definition) is 4. The van der Waals surface area contributed by atoms with E-state index in [0.717, 1.165) is 22.8 Å². The molecule has 4 aromatic heterocycles. The second-order valence-corrected chi connectivity index (χ2v) is 22.7. The van der Waals surface area contributed by atoms with Crippen LogP contribution in [0.25, 0.3) is 0 Å². The van der Waals surface area contributed by atoms with Crippen LogP contribution in [0.4, 0.5) is 0 Å². The molecule has 0 saturated heterocycles. The first-order valence-electron chi connectivity index (χ1n) is 19.1. The monoisotopic (exact) mass is 721 g/mol. The van der Waals surface area contributed by atoms with Crippen LogP contribution in [0.5, 0.6) is 0 Å². The summed E-state index contributed by atoms with van der Waals surface area (Å²) in [7, 11) is 0. The van der Waals surface area contributed by atoms with Gasteiger partial charge in [0.2, 0.25) is 0 Å². The predicted molar refractivity (Wildman–Crippen MR) is 224 cm³/mol. The average molecular weight is 721 g/mol. The summed E-state index contributed by atoms with van der Waals surface area (Å²) in [5, 5.41) is 29.7. The zero-order chi connectivity index (χ0) is 41.1. The highest BCUT2D eigenvalue weighted by atomic mass is 15.1. The summed E-state index contributed by atoms with van der Waals surface area (Å²) >= 11 is 0. The molecule has 0 aliphatic heterocycles. The summed E-state index contributed by atoms with van der Waals surface area (Å²) < 4.78 is 0. The van der Waals surface area contributed by atoms with E-state index in [9.17, 15) is 0 Å². The van der Waals surface area contributed by atoms with E-state index < -0.39 is 0 Å². The highest BCUT2D eigenvalue weighted by Crippen LogP contribution is 2.29. The van der Waals surface area contributed by atoms with Gasteiger partial charge in [0, 0.05) is 66.1 Å². The van der Waals surface area contributed by atoms with Gasteiger partial charge in [0.25, 0.3) is 0 Å². The molecule has 4 heterocycles. The third-order valence-electron chi connectivity index (χ3n) is 8.62. The van der Waals surface area contributed by atoms with Gasteiger partial charge in [-0.2, -0.15) is 20.4 Å². The van der Waals surface area contributed by atoms with Gasteiger partial charge >= 0.3 is 0 Å². The van der Waals surface area contributed by atoms with Crippen LogP contribution in [-0.2, 0) is 43.3 Å². The van der Waals surface area contributed by atoms with Crippen LogP contribution >= 0.6 is 0 Å². The third-order valence-corrected chi connectivity index (χ3v) is 8.62. The minimum atomic E-state index is 0.139. The van der Waals surface area contributed by atoms with Crippen molar-refractivity contribution < 1.29 is 0 Å². The van der Waals surface area contributed by atoms with Crippen molar-refractivity contribution in [2.75, 3.05) is 0 Å². The highest BCUT2D eigenvalue weighted by Gasteiger charge is 2.25. The molecule has 0 aliphatic rings. The fraction of sp³-hybridized carbons (Fsp3) is 0.727. The Kier molecular flexibility index (Phi) is 14.5. The van der Waals surface area contributed by atoms with Gasteiger partial charge in [-0.1, -0.05) is 166 Å². The number of aromatic nitrogens is 8. The van der Waals surface area contributed by atoms with Crippen LogP contribution in [-0.4, -0.2) is 40.8 Å². The van der Waals surface area contributed by atoms with Gasteiger partial charge in [0.05, 0.1) is 22.8 Å². The van der Waals surface area contributed by atoms with Gasteiger partial charge in [-0.05, 0) is 24.3 Å². The quantitative estimate of drug-likeness (QED) is 0.145. The zero-order valence-corrected chi connectivity index (χ0v) is 38.1. The maximum Gasteiger partial charge on any atom is 0.0678 e. The zero-order valence-electron chi connectivity index (χ0n) is 38.1. The van der Waals surface area contributed by atoms with E-state index in [2.05, 4.69) is 231 Å². The molecule has 0 bridgehead atoms. The summed E-state index contributed by atoms with van der Waals surface area (Å²) in [5.41, 5.74) is 10.6. The van der Waals surface area contributed by atoms with Crippen molar-refractivity contribution in [3.8, 4) is 0 Å². The molecule has 8 heteroatoms. The number of nitrogens with zero attached hydrogens (tertiary/aromatic N) is 4. The molecular formula is C44H80N8. The van der Waals surface area contributed by atoms with Crippen molar-refractivity contribution in [3.63, 3.8) is 0 Å². The molecule has 296 valence electrons. The van der Waals surface area contributed by atoms with E-state index in [1.165, 1.54) is 22.8 Å². The highest BCUT2D eigenvalue weighted by molar-refractivity contribution is 5.23. The summed E-state index contributed by atoms with van der Waals surface area (Å²) in [6.45, 7) is 52.4. The first-order valence-corrected chi connectivity index (χ1v) is 19.1. The molecule has 4 N–H and O–H groups in total. The first-order chi connectivity index (χ1) is 22.8. The van der Waals surface area contributed by atoms with Crippen molar-refractivity contribution in [1.29, 1.82) is 0 Å². The normalized spacial score (nSPS) is 13.4. The number of H-pyrrole nitrogens is 4. The largest absolute Gasteiger partial charge is 0.282 e. The number of aromatic amines is 4. The minimum absolute atomic E-state index is 0.139. The molecule has 0 amide bonds. The van der Waals surface area contributed by atoms with E-state index in [0.29, 0.717) is 0 Å². The fourth-order valence-corrected chi connectivity index (χ4v) is 4.36. The molecule has 8 nitrogen and oxygen atoms in total. The van der Waals surface area contributed by atoms with Gasteiger partial charge in [0.15, 0.2) is 0 Å². The van der Waals surface area contributed by atoms with Crippen molar-refractivity contribution >= 4 is 0 Å². The second kappa shape index (κ2) is 16.1. The lowest BCUT2D eigenvalue weighted by Crippen LogP contribution is -2.12. The smallest absolute Gasteiger partial charge is 0.0678 e. The van der Waals surface area contributed by atoms with Gasteiger partial charge in [-0.15, -0.1) is 0 Å². The Hall–Kier alpha value is -3.16. The topological polar surface area (TPSA) is 115 Å². The van der Waals surface area contributed by atoms with E-state index in [4.69, 9.17) is 0 Å². The SMILES string of the molecule is CC(C)(C)c1cc(C(C)(C)C)[nH]n1.CC(C)(C)c1cc(C(C)(C)C)[nH]n1.CC(C)(C)c1cc(C(C)(C)C)[nH]n1.CC(C)(C)c1cc(C(C)(C)C)[nH]n1. The van der Waals surface area contributed by atoms with Crippen LogP contribution in [0.3, 0.4) is 0 Å². The van der Waals surface area contributed by atoms with Crippen LogP contribution in [0.1, 0.15) is 212 Å². The van der Waals surface area contributed by atoms with E-state index in [-0.39, 0.29) is 43.3 Å². The van der Waals surface area contributed by atoms with Crippen molar-refractivity contribution in [3.05, 3.63) is 69.8 Å². The molecule has 52 heavy (non-hydrogen) atoms. The third kappa shape index (κ3) is 15.1. The van der Waals surface area contributed by atoms with Crippen LogP contribution in [0.2, 0.25) is 0 Å². The molecule has 0 aromatic carbocycles. The van der Waals surface area contributed by atoms with E-state index >= 15 is 0 Å². The fourth-order valence-electron chi connectivity index (χ4n) is 4.36. The molecule has 4 aromatic rings. The molecule has 0 fully saturated rings. The van der Waals surface area contributed by atoms with E-state index in [1.807, 2.05) is 0 Å². The predicted octanol–water partition coefficient (Wildman–Crippen LogP) is 12.0. The first kappa shape index (κ1) is 46.9. The van der Waals surface area contributed by atoms with Crippen molar-refractivity contribution in [2.45, 2.75) is 209 Å². The maximum absolute atomic E-state index is 4.33. The van der Waals surface area contributed by atoms with Crippen LogP contribution in [0.15, 0.2) is 24.3 Å². The van der Waals surface area contributed by atoms with Gasteiger partial charge in [0.1, 0.15) is 0 Å². The Bertz CT molecular complexity index is 1270. The van der Waals surface area contributed by atoms with Gasteiger partial charge in [-0.25, -0.2) is 0 Å². The molecule has 0 unspecified atom stereocenters. The van der Waals surface area contributed by atoms with Crippen molar-refractivity contribution in [2.24, 2.45) is 0 Å². The Labute approximate surface area is 319 Å². The summed E-state index contributed by atoms with van der Waals surface area (Å²) in [6.07, 6.45) is 0. The Morgan fingerprint density at radius 1 is 0.250 bits per heavy atom. The summed E-state index contributed by atoms with van der Waals surface area (Å²) in [4.78, 5) is 0. The maximum atomic E-state index is 4.33. The molecular weight excluding hydrogens is 641 g/mol. The minimum Gasteiger partial charge on any atom is -0.282 e. The lowest BCUT2D eigenvalue weighted by atomic mass is 9.88. The number of hydrogen-bond donors (Lipinski definition) is 4. The molecule has 0 saturated carbocycles. The lowest BCUT2D eigenvalue weighted by Gasteiger charge is -2.16. The molecule has 0 aliphatic carbocycles. The van der Waals surface area contributed by atoms with E-state index in [1.54, 1.807) is 0 Å². The number of nitrogens with one attached hydrogen (secondary N) is 4. The van der Waals surface area contributed by atoms with Gasteiger partial charge in [-0.3, -0.25) is 20.4 Å². The standard InChI is InChI=1S/4C11H20N2/c4*1-10(2,3)8-7-9(13-12-8)11(4,5)6/h4*7H,1-6H3,(H,12,13). The lowest BCUT2D eigenvalue weighted by molar-refractivity contribution is 0.563. The number of rotatable bonds is 0. The molecule has 4 rings (SSSR count). The molecule has 0 spiro atoms.